The van der Waals surface area contributed by atoms with Gasteiger partial charge in [-0.2, -0.15) is 0 Å². The highest BCUT2D eigenvalue weighted by molar-refractivity contribution is 7.90. The molecular weight excluding hydrogens is 280 g/mol. The van der Waals surface area contributed by atoms with Crippen molar-refractivity contribution in [3.63, 3.8) is 0 Å². The van der Waals surface area contributed by atoms with E-state index in [0.717, 1.165) is 6.26 Å². The molecule has 0 aliphatic heterocycles. The first-order valence-corrected chi connectivity index (χ1v) is 7.52. The zero-order valence-corrected chi connectivity index (χ0v) is 11.4. The van der Waals surface area contributed by atoms with Gasteiger partial charge in [0.25, 0.3) is 0 Å². The van der Waals surface area contributed by atoms with Gasteiger partial charge in [0.2, 0.25) is 0 Å². The largest absolute Gasteiger partial charge is 0.477 e. The molecule has 0 saturated carbocycles. The van der Waals surface area contributed by atoms with Crippen LogP contribution < -0.4 is 5.32 Å². The molecule has 20 heavy (non-hydrogen) atoms. The molecule has 104 valence electrons. The van der Waals surface area contributed by atoms with E-state index in [2.05, 4.69) is 10.3 Å². The molecule has 2 aromatic rings. The van der Waals surface area contributed by atoms with Gasteiger partial charge in [0.05, 0.1) is 4.90 Å². The summed E-state index contributed by atoms with van der Waals surface area (Å²) >= 11 is 0. The Bertz CT molecular complexity index is 739. The molecular formula is C13H12N2O4S. The predicted molar refractivity (Wildman–Crippen MR) is 74.0 cm³/mol. The number of anilines is 2. The third kappa shape index (κ3) is 3.33. The zero-order chi connectivity index (χ0) is 14.8. The van der Waals surface area contributed by atoms with E-state index in [9.17, 15) is 13.2 Å². The monoisotopic (exact) mass is 292 g/mol. The van der Waals surface area contributed by atoms with Crippen LogP contribution in [-0.2, 0) is 9.84 Å². The van der Waals surface area contributed by atoms with Crippen molar-refractivity contribution in [3.8, 4) is 0 Å². The Morgan fingerprint density at radius 1 is 1.15 bits per heavy atom. The lowest BCUT2D eigenvalue weighted by Crippen LogP contribution is -2.01. The van der Waals surface area contributed by atoms with Crippen LogP contribution in [0.3, 0.4) is 0 Å². The van der Waals surface area contributed by atoms with Crippen molar-refractivity contribution in [2.24, 2.45) is 0 Å². The van der Waals surface area contributed by atoms with E-state index in [1.807, 2.05) is 0 Å². The van der Waals surface area contributed by atoms with Crippen LogP contribution >= 0.6 is 0 Å². The first kappa shape index (κ1) is 14.0. The zero-order valence-electron chi connectivity index (χ0n) is 10.6. The SMILES string of the molecule is CS(=O)(=O)c1ccc(Nc2ccnc(C(=O)O)c2)cc1. The maximum Gasteiger partial charge on any atom is 0.354 e. The number of carboxylic acid groups (broad SMARTS) is 1. The Balaban J connectivity index is 2.22. The Morgan fingerprint density at radius 2 is 1.80 bits per heavy atom. The third-order valence-electron chi connectivity index (χ3n) is 2.55. The highest BCUT2D eigenvalue weighted by Crippen LogP contribution is 2.19. The molecule has 0 radical (unpaired) electrons. The predicted octanol–water partition coefficient (Wildman–Crippen LogP) is 1.93. The number of pyridine rings is 1. The number of aromatic nitrogens is 1. The molecule has 0 spiro atoms. The van der Waals surface area contributed by atoms with Gasteiger partial charge in [-0.3, -0.25) is 0 Å². The number of hydrogen-bond acceptors (Lipinski definition) is 5. The Morgan fingerprint density at radius 3 is 2.35 bits per heavy atom. The van der Waals surface area contributed by atoms with Crippen molar-refractivity contribution in [3.05, 3.63) is 48.3 Å². The molecule has 0 unspecified atom stereocenters. The van der Waals surface area contributed by atoms with Gasteiger partial charge >= 0.3 is 5.97 Å². The summed E-state index contributed by atoms with van der Waals surface area (Å²) in [5.41, 5.74) is 1.15. The fourth-order valence-electron chi connectivity index (χ4n) is 1.58. The van der Waals surface area contributed by atoms with Crippen LogP contribution in [-0.4, -0.2) is 30.7 Å². The number of hydrogen-bond donors (Lipinski definition) is 2. The van der Waals surface area contributed by atoms with Crippen LogP contribution in [0.1, 0.15) is 10.5 Å². The maximum absolute atomic E-state index is 11.3. The molecule has 0 aliphatic rings. The van der Waals surface area contributed by atoms with Crippen LogP contribution in [0.15, 0.2) is 47.5 Å². The van der Waals surface area contributed by atoms with Gasteiger partial charge in [0.1, 0.15) is 5.69 Å². The number of carboxylic acids is 1. The minimum Gasteiger partial charge on any atom is -0.477 e. The van der Waals surface area contributed by atoms with Crippen molar-refractivity contribution in [2.75, 3.05) is 11.6 Å². The van der Waals surface area contributed by atoms with Crippen molar-refractivity contribution in [1.29, 1.82) is 0 Å². The van der Waals surface area contributed by atoms with E-state index in [1.165, 1.54) is 24.4 Å². The molecule has 1 aromatic heterocycles. The summed E-state index contributed by atoms with van der Waals surface area (Å²) in [6, 6.07) is 9.20. The lowest BCUT2D eigenvalue weighted by atomic mass is 10.2. The lowest BCUT2D eigenvalue weighted by molar-refractivity contribution is 0.0690. The lowest BCUT2D eigenvalue weighted by Gasteiger charge is -2.07. The summed E-state index contributed by atoms with van der Waals surface area (Å²) in [5.74, 6) is -1.11. The van der Waals surface area contributed by atoms with Crippen molar-refractivity contribution in [2.45, 2.75) is 4.90 Å². The second kappa shape index (κ2) is 5.30. The molecule has 7 heteroatoms. The fourth-order valence-corrected chi connectivity index (χ4v) is 2.21. The summed E-state index contributed by atoms with van der Waals surface area (Å²) in [5, 5.41) is 11.8. The highest BCUT2D eigenvalue weighted by atomic mass is 32.2. The Kier molecular flexibility index (Phi) is 3.71. The molecule has 0 fully saturated rings. The van der Waals surface area contributed by atoms with Crippen molar-refractivity contribution < 1.29 is 18.3 Å². The van der Waals surface area contributed by atoms with Crippen molar-refractivity contribution in [1.82, 2.24) is 4.98 Å². The molecule has 2 N–H and O–H groups in total. The van der Waals surface area contributed by atoms with Crippen LogP contribution in [0.5, 0.6) is 0 Å². The van der Waals surface area contributed by atoms with Crippen LogP contribution in [0.2, 0.25) is 0 Å². The minimum atomic E-state index is -3.23. The van der Waals surface area contributed by atoms with E-state index in [4.69, 9.17) is 5.11 Å². The van der Waals surface area contributed by atoms with Crippen LogP contribution in [0, 0.1) is 0 Å². The average Bonchev–Trinajstić information content (AvgIpc) is 2.38. The third-order valence-corrected chi connectivity index (χ3v) is 3.68. The highest BCUT2D eigenvalue weighted by Gasteiger charge is 2.07. The Hall–Kier alpha value is -2.41. The first-order chi connectivity index (χ1) is 9.36. The summed E-state index contributed by atoms with van der Waals surface area (Å²) in [4.78, 5) is 14.7. The molecule has 0 bridgehead atoms. The number of rotatable bonds is 4. The number of sulfone groups is 1. The number of aromatic carboxylic acids is 1. The fraction of sp³-hybridized carbons (Fsp3) is 0.0769. The van der Waals surface area contributed by atoms with E-state index in [0.29, 0.717) is 11.4 Å². The summed E-state index contributed by atoms with van der Waals surface area (Å²) in [6.45, 7) is 0. The molecule has 0 saturated heterocycles. The van der Waals surface area contributed by atoms with E-state index < -0.39 is 15.8 Å². The molecule has 6 nitrogen and oxygen atoms in total. The quantitative estimate of drug-likeness (QED) is 0.893. The van der Waals surface area contributed by atoms with Gasteiger partial charge < -0.3 is 10.4 Å². The van der Waals surface area contributed by atoms with E-state index in [-0.39, 0.29) is 10.6 Å². The van der Waals surface area contributed by atoms with E-state index in [1.54, 1.807) is 18.2 Å². The minimum absolute atomic E-state index is 0.0669. The summed E-state index contributed by atoms with van der Waals surface area (Å²) in [7, 11) is -3.23. The Labute approximate surface area is 116 Å². The van der Waals surface area contributed by atoms with Gasteiger partial charge in [-0.1, -0.05) is 0 Å². The number of nitrogens with one attached hydrogen (secondary N) is 1. The van der Waals surface area contributed by atoms with Crippen LogP contribution in [0.25, 0.3) is 0 Å². The smallest absolute Gasteiger partial charge is 0.354 e. The van der Waals surface area contributed by atoms with Crippen molar-refractivity contribution >= 4 is 27.2 Å². The maximum atomic E-state index is 11.3. The first-order valence-electron chi connectivity index (χ1n) is 5.63. The van der Waals surface area contributed by atoms with Gasteiger partial charge in [-0.05, 0) is 36.4 Å². The summed E-state index contributed by atoms with van der Waals surface area (Å²) < 4.78 is 22.7. The van der Waals surface area contributed by atoms with Gasteiger partial charge in [0, 0.05) is 23.8 Å². The summed E-state index contributed by atoms with van der Waals surface area (Å²) in [6.07, 6.45) is 2.52. The molecule has 0 atom stereocenters. The van der Waals surface area contributed by atoms with Crippen LogP contribution in [0.4, 0.5) is 11.4 Å². The molecule has 1 aromatic carbocycles. The number of nitrogens with zero attached hydrogens (tertiary/aromatic N) is 1. The topological polar surface area (TPSA) is 96.4 Å². The molecule has 1 heterocycles. The number of carbonyl (C=O) groups is 1. The standard InChI is InChI=1S/C13H12N2O4S/c1-20(18,19)11-4-2-9(3-5-11)15-10-6-7-14-12(8-10)13(16)17/h2-8H,1H3,(H,14,15)(H,16,17). The van der Waals surface area contributed by atoms with Gasteiger partial charge in [0.15, 0.2) is 9.84 Å². The molecule has 2 rings (SSSR count). The van der Waals surface area contributed by atoms with Gasteiger partial charge in [-0.15, -0.1) is 0 Å². The number of benzene rings is 1. The molecule has 0 amide bonds. The normalized spacial score (nSPS) is 11.1. The van der Waals surface area contributed by atoms with Gasteiger partial charge in [-0.25, -0.2) is 18.2 Å². The average molecular weight is 292 g/mol. The molecule has 0 aliphatic carbocycles. The second-order valence-corrected chi connectivity index (χ2v) is 6.17. The van der Waals surface area contributed by atoms with E-state index >= 15 is 0 Å². The second-order valence-electron chi connectivity index (χ2n) is 4.16.